The molecular weight excluding hydrogens is 230 g/mol. The number of nitrogens with two attached hydrogens (primary N) is 1. The standard InChI is InChI=1S/C11H14ClNO3/c1-15-11(14)7-8-2-3-10(9(12)6-8)16-5-4-13/h2-3,6H,4-5,7,13H2,1H3. The van der Waals surface area contributed by atoms with Crippen LogP contribution in [0.3, 0.4) is 0 Å². The first-order valence-corrected chi connectivity index (χ1v) is 5.23. The second-order valence-electron chi connectivity index (χ2n) is 3.15. The number of hydrogen-bond acceptors (Lipinski definition) is 4. The molecule has 1 rings (SSSR count). The van der Waals surface area contributed by atoms with Gasteiger partial charge in [0.1, 0.15) is 12.4 Å². The average molecular weight is 244 g/mol. The third-order valence-corrected chi connectivity index (χ3v) is 2.24. The predicted octanol–water partition coefficient (Wildman–Crippen LogP) is 1.39. The molecule has 1 aromatic carbocycles. The molecule has 0 radical (unpaired) electrons. The molecule has 0 saturated heterocycles. The monoisotopic (exact) mass is 243 g/mol. The molecule has 88 valence electrons. The third kappa shape index (κ3) is 3.72. The van der Waals surface area contributed by atoms with Crippen LogP contribution in [-0.4, -0.2) is 26.2 Å². The van der Waals surface area contributed by atoms with Crippen molar-refractivity contribution >= 4 is 17.6 Å². The average Bonchev–Trinajstić information content (AvgIpc) is 2.28. The first-order chi connectivity index (χ1) is 7.67. The van der Waals surface area contributed by atoms with E-state index in [2.05, 4.69) is 4.74 Å². The Labute approximate surface area is 99.3 Å². The second kappa shape index (κ2) is 6.35. The minimum Gasteiger partial charge on any atom is -0.491 e. The van der Waals surface area contributed by atoms with E-state index in [1.54, 1.807) is 18.2 Å². The zero-order valence-corrected chi connectivity index (χ0v) is 9.79. The van der Waals surface area contributed by atoms with Gasteiger partial charge in [-0.15, -0.1) is 0 Å². The number of rotatable bonds is 5. The van der Waals surface area contributed by atoms with E-state index in [0.29, 0.717) is 23.9 Å². The molecule has 1 aromatic rings. The number of carbonyl (C=O) groups is 1. The van der Waals surface area contributed by atoms with Crippen LogP contribution in [0.5, 0.6) is 5.75 Å². The van der Waals surface area contributed by atoms with Crippen molar-refractivity contribution in [2.75, 3.05) is 20.3 Å². The van der Waals surface area contributed by atoms with E-state index in [1.165, 1.54) is 7.11 Å². The zero-order valence-electron chi connectivity index (χ0n) is 9.03. The minimum atomic E-state index is -0.299. The lowest BCUT2D eigenvalue weighted by atomic mass is 10.1. The van der Waals surface area contributed by atoms with Crippen molar-refractivity contribution in [1.82, 2.24) is 0 Å². The summed E-state index contributed by atoms with van der Waals surface area (Å²) in [4.78, 5) is 11.0. The number of hydrogen-bond donors (Lipinski definition) is 1. The summed E-state index contributed by atoms with van der Waals surface area (Å²) >= 11 is 5.97. The highest BCUT2D eigenvalue weighted by molar-refractivity contribution is 6.32. The van der Waals surface area contributed by atoms with Crippen LogP contribution in [0, 0.1) is 0 Å². The Morgan fingerprint density at radius 2 is 2.25 bits per heavy atom. The van der Waals surface area contributed by atoms with E-state index in [0.717, 1.165) is 5.56 Å². The highest BCUT2D eigenvalue weighted by Crippen LogP contribution is 2.25. The van der Waals surface area contributed by atoms with Gasteiger partial charge in [0.05, 0.1) is 18.6 Å². The largest absolute Gasteiger partial charge is 0.491 e. The molecule has 0 spiro atoms. The van der Waals surface area contributed by atoms with Gasteiger partial charge in [-0.3, -0.25) is 4.79 Å². The Morgan fingerprint density at radius 1 is 1.50 bits per heavy atom. The van der Waals surface area contributed by atoms with E-state index in [4.69, 9.17) is 22.1 Å². The molecule has 0 unspecified atom stereocenters. The Bertz CT molecular complexity index is 368. The Hall–Kier alpha value is -1.26. The molecule has 0 saturated carbocycles. The highest BCUT2D eigenvalue weighted by atomic mass is 35.5. The number of ether oxygens (including phenoxy) is 2. The van der Waals surface area contributed by atoms with Gasteiger partial charge >= 0.3 is 5.97 Å². The van der Waals surface area contributed by atoms with Gasteiger partial charge in [0.15, 0.2) is 0 Å². The van der Waals surface area contributed by atoms with E-state index in [-0.39, 0.29) is 12.4 Å². The first kappa shape index (κ1) is 12.8. The number of esters is 1. The van der Waals surface area contributed by atoms with Crippen LogP contribution in [0.25, 0.3) is 0 Å². The highest BCUT2D eigenvalue weighted by Gasteiger charge is 2.06. The van der Waals surface area contributed by atoms with Crippen molar-refractivity contribution in [1.29, 1.82) is 0 Å². The van der Waals surface area contributed by atoms with Gasteiger partial charge in [-0.1, -0.05) is 17.7 Å². The van der Waals surface area contributed by atoms with Crippen LogP contribution < -0.4 is 10.5 Å². The zero-order chi connectivity index (χ0) is 12.0. The molecule has 4 nitrogen and oxygen atoms in total. The van der Waals surface area contributed by atoms with Crippen LogP contribution in [0.4, 0.5) is 0 Å². The molecule has 0 aliphatic heterocycles. The number of benzene rings is 1. The summed E-state index contributed by atoms with van der Waals surface area (Å²) in [5.41, 5.74) is 6.10. The van der Waals surface area contributed by atoms with Crippen molar-refractivity contribution < 1.29 is 14.3 Å². The molecule has 5 heteroatoms. The van der Waals surface area contributed by atoms with Gasteiger partial charge in [-0.2, -0.15) is 0 Å². The van der Waals surface area contributed by atoms with Gasteiger partial charge in [0, 0.05) is 6.54 Å². The second-order valence-corrected chi connectivity index (χ2v) is 3.56. The molecular formula is C11H14ClNO3. The minimum absolute atomic E-state index is 0.202. The van der Waals surface area contributed by atoms with Crippen LogP contribution in [0.15, 0.2) is 18.2 Å². The quantitative estimate of drug-likeness (QED) is 0.794. The summed E-state index contributed by atoms with van der Waals surface area (Å²) < 4.78 is 9.86. The fourth-order valence-electron chi connectivity index (χ4n) is 1.18. The lowest BCUT2D eigenvalue weighted by Gasteiger charge is -2.08. The van der Waals surface area contributed by atoms with Crippen molar-refractivity contribution in [3.63, 3.8) is 0 Å². The third-order valence-electron chi connectivity index (χ3n) is 1.95. The van der Waals surface area contributed by atoms with Crippen LogP contribution in [0.1, 0.15) is 5.56 Å². The predicted molar refractivity (Wildman–Crippen MR) is 61.7 cm³/mol. The summed E-state index contributed by atoms with van der Waals surface area (Å²) in [6, 6.07) is 5.18. The van der Waals surface area contributed by atoms with Gasteiger partial charge in [0.2, 0.25) is 0 Å². The molecule has 16 heavy (non-hydrogen) atoms. The topological polar surface area (TPSA) is 61.5 Å². The molecule has 0 aromatic heterocycles. The van der Waals surface area contributed by atoms with E-state index in [9.17, 15) is 4.79 Å². The molecule has 0 fully saturated rings. The molecule has 2 N–H and O–H groups in total. The smallest absolute Gasteiger partial charge is 0.309 e. The molecule has 0 bridgehead atoms. The van der Waals surface area contributed by atoms with Gasteiger partial charge < -0.3 is 15.2 Å². The summed E-state index contributed by atoms with van der Waals surface area (Å²) in [6.07, 6.45) is 0.202. The van der Waals surface area contributed by atoms with Crippen LogP contribution in [-0.2, 0) is 16.0 Å². The molecule has 0 amide bonds. The maximum absolute atomic E-state index is 11.0. The lowest BCUT2D eigenvalue weighted by Crippen LogP contribution is -2.11. The van der Waals surface area contributed by atoms with Crippen LogP contribution in [0.2, 0.25) is 5.02 Å². The SMILES string of the molecule is COC(=O)Cc1ccc(OCCN)c(Cl)c1. The number of methoxy groups -OCH3 is 1. The molecule has 0 aliphatic carbocycles. The molecule has 0 aliphatic rings. The fraction of sp³-hybridized carbons (Fsp3) is 0.364. The summed E-state index contributed by atoms with van der Waals surface area (Å²) in [6.45, 7) is 0.844. The lowest BCUT2D eigenvalue weighted by molar-refractivity contribution is -0.139. The number of carbonyl (C=O) groups excluding carboxylic acids is 1. The Balaban J connectivity index is 2.70. The maximum atomic E-state index is 11.0. The first-order valence-electron chi connectivity index (χ1n) is 4.85. The maximum Gasteiger partial charge on any atom is 0.309 e. The normalized spacial score (nSPS) is 9.94. The summed E-state index contributed by atoms with van der Waals surface area (Å²) in [5.74, 6) is 0.271. The van der Waals surface area contributed by atoms with Crippen molar-refractivity contribution in [2.45, 2.75) is 6.42 Å². The van der Waals surface area contributed by atoms with Crippen molar-refractivity contribution in [3.8, 4) is 5.75 Å². The van der Waals surface area contributed by atoms with Gasteiger partial charge in [0.25, 0.3) is 0 Å². The van der Waals surface area contributed by atoms with Crippen molar-refractivity contribution in [3.05, 3.63) is 28.8 Å². The van der Waals surface area contributed by atoms with E-state index < -0.39 is 0 Å². The van der Waals surface area contributed by atoms with Gasteiger partial charge in [-0.25, -0.2) is 0 Å². The Kier molecular flexibility index (Phi) is 5.08. The number of halogens is 1. The Morgan fingerprint density at radius 3 is 2.81 bits per heavy atom. The molecule has 0 atom stereocenters. The van der Waals surface area contributed by atoms with Crippen molar-refractivity contribution in [2.24, 2.45) is 5.73 Å². The fourth-order valence-corrected chi connectivity index (χ4v) is 1.44. The van der Waals surface area contributed by atoms with Gasteiger partial charge in [-0.05, 0) is 17.7 Å². The van der Waals surface area contributed by atoms with E-state index in [1.807, 2.05) is 0 Å². The summed E-state index contributed by atoms with van der Waals surface area (Å²) in [7, 11) is 1.35. The summed E-state index contributed by atoms with van der Waals surface area (Å²) in [5, 5.41) is 0.467. The molecule has 0 heterocycles. The van der Waals surface area contributed by atoms with Crippen LogP contribution >= 0.6 is 11.6 Å². The van der Waals surface area contributed by atoms with E-state index >= 15 is 0 Å².